The van der Waals surface area contributed by atoms with Gasteiger partial charge in [0.05, 0.1) is 18.4 Å². The quantitative estimate of drug-likeness (QED) is 0.589. The number of hydrogen-bond donors (Lipinski definition) is 1. The summed E-state index contributed by atoms with van der Waals surface area (Å²) in [4.78, 5) is 27.8. The summed E-state index contributed by atoms with van der Waals surface area (Å²) in [5, 5.41) is 3.66. The Bertz CT molecular complexity index is 1130. The second-order valence-electron chi connectivity index (χ2n) is 6.89. The zero-order valence-electron chi connectivity index (χ0n) is 16.5. The molecule has 0 radical (unpaired) electrons. The molecule has 0 saturated heterocycles. The summed E-state index contributed by atoms with van der Waals surface area (Å²) >= 11 is 5.97. The lowest BCUT2D eigenvalue weighted by Crippen LogP contribution is -2.32. The molecule has 1 aliphatic heterocycles. The van der Waals surface area contributed by atoms with Crippen LogP contribution in [0.3, 0.4) is 0 Å². The van der Waals surface area contributed by atoms with E-state index < -0.39 is 5.91 Å². The fourth-order valence-electron chi connectivity index (χ4n) is 3.28. The first kappa shape index (κ1) is 19.7. The Morgan fingerprint density at radius 3 is 2.07 bits per heavy atom. The number of benzene rings is 3. The molecular formula is C24H19ClN2O3. The average Bonchev–Trinajstić information content (AvgIpc) is 3.00. The van der Waals surface area contributed by atoms with Crippen molar-refractivity contribution in [2.24, 2.45) is 0 Å². The van der Waals surface area contributed by atoms with Gasteiger partial charge in [-0.25, -0.2) is 4.90 Å². The van der Waals surface area contributed by atoms with Crippen molar-refractivity contribution < 1.29 is 14.3 Å². The standard InChI is InChI=1S/C24H19ClN2O3/c1-15-3-5-16(6-4-15)21-22(26-18-9-13-20(30-2)14-10-18)24(29)27(23(21)28)19-11-7-17(25)8-12-19/h3-14,26H,1-2H3. The van der Waals surface area contributed by atoms with Gasteiger partial charge in [-0.3, -0.25) is 9.59 Å². The molecule has 0 spiro atoms. The van der Waals surface area contributed by atoms with E-state index in [-0.39, 0.29) is 11.6 Å². The van der Waals surface area contributed by atoms with Crippen LogP contribution in [0.4, 0.5) is 11.4 Å². The molecule has 4 rings (SSSR count). The number of ether oxygens (including phenoxy) is 1. The fourth-order valence-corrected chi connectivity index (χ4v) is 3.40. The molecule has 5 nitrogen and oxygen atoms in total. The molecule has 0 aliphatic carbocycles. The molecule has 0 saturated carbocycles. The number of nitrogens with zero attached hydrogens (tertiary/aromatic N) is 1. The van der Waals surface area contributed by atoms with Crippen LogP contribution in [-0.4, -0.2) is 18.9 Å². The Morgan fingerprint density at radius 1 is 0.833 bits per heavy atom. The second-order valence-corrected chi connectivity index (χ2v) is 7.33. The number of anilines is 2. The molecule has 1 aliphatic rings. The highest BCUT2D eigenvalue weighted by atomic mass is 35.5. The minimum atomic E-state index is -0.422. The molecular weight excluding hydrogens is 400 g/mol. The molecule has 0 aromatic heterocycles. The number of carbonyl (C=O) groups is 2. The topological polar surface area (TPSA) is 58.6 Å². The summed E-state index contributed by atoms with van der Waals surface area (Å²) in [6.45, 7) is 1.97. The SMILES string of the molecule is COc1ccc(NC2=C(c3ccc(C)cc3)C(=O)N(c3ccc(Cl)cc3)C2=O)cc1. The van der Waals surface area contributed by atoms with Crippen molar-refractivity contribution in [1.29, 1.82) is 0 Å². The Labute approximate surface area is 179 Å². The minimum absolute atomic E-state index is 0.226. The number of imide groups is 1. The van der Waals surface area contributed by atoms with Crippen LogP contribution in [0.25, 0.3) is 5.57 Å². The third kappa shape index (κ3) is 3.67. The van der Waals surface area contributed by atoms with Crippen molar-refractivity contribution in [2.45, 2.75) is 6.92 Å². The number of carbonyl (C=O) groups excluding carboxylic acids is 2. The number of nitrogens with one attached hydrogen (secondary N) is 1. The third-order valence-electron chi connectivity index (χ3n) is 4.87. The Hall–Kier alpha value is -3.57. The van der Waals surface area contributed by atoms with Crippen molar-refractivity contribution >= 4 is 40.4 Å². The lowest BCUT2D eigenvalue weighted by atomic mass is 10.0. The molecule has 0 fully saturated rings. The number of halogens is 1. The molecule has 0 atom stereocenters. The Morgan fingerprint density at radius 2 is 1.47 bits per heavy atom. The zero-order chi connectivity index (χ0) is 21.3. The van der Waals surface area contributed by atoms with E-state index in [0.717, 1.165) is 10.5 Å². The van der Waals surface area contributed by atoms with E-state index >= 15 is 0 Å². The van der Waals surface area contributed by atoms with Crippen molar-refractivity contribution in [2.75, 3.05) is 17.3 Å². The third-order valence-corrected chi connectivity index (χ3v) is 5.12. The first-order chi connectivity index (χ1) is 14.5. The van der Waals surface area contributed by atoms with Crippen molar-refractivity contribution in [3.63, 3.8) is 0 Å². The first-order valence-electron chi connectivity index (χ1n) is 9.34. The van der Waals surface area contributed by atoms with Crippen LogP contribution in [0.1, 0.15) is 11.1 Å². The van der Waals surface area contributed by atoms with Gasteiger partial charge in [0.15, 0.2) is 0 Å². The molecule has 2 amide bonds. The summed E-state index contributed by atoms with van der Waals surface area (Å²) in [6.07, 6.45) is 0. The minimum Gasteiger partial charge on any atom is -0.497 e. The van der Waals surface area contributed by atoms with Gasteiger partial charge in [-0.15, -0.1) is 0 Å². The molecule has 1 heterocycles. The van der Waals surface area contributed by atoms with Crippen molar-refractivity contribution in [3.8, 4) is 5.75 Å². The lowest BCUT2D eigenvalue weighted by molar-refractivity contribution is -0.120. The van der Waals surface area contributed by atoms with Gasteiger partial charge in [-0.05, 0) is 61.0 Å². The summed E-state index contributed by atoms with van der Waals surface area (Å²) in [5.41, 5.74) is 3.43. The van der Waals surface area contributed by atoms with Crippen LogP contribution in [0, 0.1) is 6.92 Å². The van der Waals surface area contributed by atoms with Gasteiger partial charge < -0.3 is 10.1 Å². The van der Waals surface area contributed by atoms with E-state index in [1.54, 1.807) is 55.6 Å². The molecule has 30 heavy (non-hydrogen) atoms. The largest absolute Gasteiger partial charge is 0.497 e. The predicted octanol–water partition coefficient (Wildman–Crippen LogP) is 5.05. The highest BCUT2D eigenvalue weighted by Gasteiger charge is 2.40. The number of hydrogen-bond acceptors (Lipinski definition) is 4. The first-order valence-corrected chi connectivity index (χ1v) is 9.72. The van der Waals surface area contributed by atoms with E-state index in [9.17, 15) is 9.59 Å². The van der Waals surface area contributed by atoms with Crippen LogP contribution in [0.15, 0.2) is 78.5 Å². The molecule has 150 valence electrons. The lowest BCUT2D eigenvalue weighted by Gasteiger charge is -2.15. The van der Waals surface area contributed by atoms with E-state index in [0.29, 0.717) is 33.3 Å². The second kappa shape index (κ2) is 8.05. The predicted molar refractivity (Wildman–Crippen MR) is 119 cm³/mol. The van der Waals surface area contributed by atoms with E-state index in [1.165, 1.54) is 0 Å². The molecule has 0 unspecified atom stereocenters. The van der Waals surface area contributed by atoms with Crippen molar-refractivity contribution in [3.05, 3.63) is 94.6 Å². The van der Waals surface area contributed by atoms with E-state index in [4.69, 9.17) is 16.3 Å². The average molecular weight is 419 g/mol. The van der Waals surface area contributed by atoms with Gasteiger partial charge in [-0.1, -0.05) is 41.4 Å². The van der Waals surface area contributed by atoms with E-state index in [2.05, 4.69) is 5.32 Å². The van der Waals surface area contributed by atoms with Crippen LogP contribution in [-0.2, 0) is 9.59 Å². The fraction of sp³-hybridized carbons (Fsp3) is 0.0833. The van der Waals surface area contributed by atoms with Gasteiger partial charge >= 0.3 is 0 Å². The number of methoxy groups -OCH3 is 1. The molecule has 0 bridgehead atoms. The zero-order valence-corrected chi connectivity index (χ0v) is 17.2. The van der Waals surface area contributed by atoms with E-state index in [1.807, 2.05) is 31.2 Å². The summed E-state index contributed by atoms with van der Waals surface area (Å²) < 4.78 is 5.18. The maximum absolute atomic E-state index is 13.3. The van der Waals surface area contributed by atoms with Crippen LogP contribution in [0.5, 0.6) is 5.75 Å². The number of rotatable bonds is 5. The highest BCUT2D eigenvalue weighted by molar-refractivity contribution is 6.46. The molecule has 6 heteroatoms. The van der Waals surface area contributed by atoms with Crippen LogP contribution < -0.4 is 15.0 Å². The summed E-state index contributed by atoms with van der Waals surface area (Å²) in [6, 6.07) is 21.3. The highest BCUT2D eigenvalue weighted by Crippen LogP contribution is 2.34. The maximum atomic E-state index is 13.3. The number of amides is 2. The Kier molecular flexibility index (Phi) is 5.29. The van der Waals surface area contributed by atoms with Gasteiger partial charge in [0.25, 0.3) is 11.8 Å². The van der Waals surface area contributed by atoms with Gasteiger partial charge in [0.1, 0.15) is 11.4 Å². The van der Waals surface area contributed by atoms with Crippen LogP contribution >= 0.6 is 11.6 Å². The molecule has 1 N–H and O–H groups in total. The van der Waals surface area contributed by atoms with Crippen molar-refractivity contribution in [1.82, 2.24) is 0 Å². The summed E-state index contributed by atoms with van der Waals surface area (Å²) in [7, 11) is 1.59. The monoisotopic (exact) mass is 418 g/mol. The van der Waals surface area contributed by atoms with Crippen LogP contribution in [0.2, 0.25) is 5.02 Å². The van der Waals surface area contributed by atoms with Gasteiger partial charge in [-0.2, -0.15) is 0 Å². The Balaban J connectivity index is 1.78. The van der Waals surface area contributed by atoms with Gasteiger partial charge in [0.2, 0.25) is 0 Å². The molecule has 3 aromatic carbocycles. The smallest absolute Gasteiger partial charge is 0.282 e. The molecule has 3 aromatic rings. The summed E-state index contributed by atoms with van der Waals surface area (Å²) in [5.74, 6) is -0.110. The number of aryl methyl sites for hydroxylation is 1. The maximum Gasteiger partial charge on any atom is 0.282 e. The van der Waals surface area contributed by atoms with Gasteiger partial charge in [0, 0.05) is 10.7 Å². The normalized spacial score (nSPS) is 13.8.